The quantitative estimate of drug-likeness (QED) is 0.834. The molecule has 7 heteroatoms. The number of nitrogens with one attached hydrogen (secondary N) is 1. The molecule has 0 fully saturated rings. The predicted molar refractivity (Wildman–Crippen MR) is 80.4 cm³/mol. The second-order valence-electron chi connectivity index (χ2n) is 5.27. The summed E-state index contributed by atoms with van der Waals surface area (Å²) in [4.78, 5) is 26.8. The van der Waals surface area contributed by atoms with Crippen molar-refractivity contribution in [2.24, 2.45) is 0 Å². The fraction of sp³-hybridized carbons (Fsp3) is 0.467. The van der Waals surface area contributed by atoms with Crippen LogP contribution in [0.5, 0.6) is 0 Å². The van der Waals surface area contributed by atoms with Gasteiger partial charge in [-0.2, -0.15) is 0 Å². The first-order valence-electron chi connectivity index (χ1n) is 6.94. The molecule has 0 unspecified atom stereocenters. The number of nitrogens with zero attached hydrogens (tertiary/aromatic N) is 2. The molecular weight excluding hydrogens is 292 g/mol. The second kappa shape index (κ2) is 8.43. The van der Waals surface area contributed by atoms with Crippen LogP contribution in [0.4, 0.5) is 14.5 Å². The van der Waals surface area contributed by atoms with E-state index in [1.54, 1.807) is 0 Å². The highest BCUT2D eigenvalue weighted by atomic mass is 19.2. The maximum absolute atomic E-state index is 13.1. The molecule has 0 saturated heterocycles. The lowest BCUT2D eigenvalue weighted by Crippen LogP contribution is -2.38. The Bertz CT molecular complexity index is 536. The van der Waals surface area contributed by atoms with Crippen molar-refractivity contribution in [2.75, 3.05) is 39.0 Å². The Balaban J connectivity index is 2.55. The predicted octanol–water partition coefficient (Wildman–Crippen LogP) is 1.70. The van der Waals surface area contributed by atoms with Crippen LogP contribution in [0.15, 0.2) is 18.2 Å². The molecule has 0 saturated carbocycles. The van der Waals surface area contributed by atoms with E-state index < -0.39 is 17.5 Å². The van der Waals surface area contributed by atoms with Crippen molar-refractivity contribution in [1.29, 1.82) is 0 Å². The van der Waals surface area contributed by atoms with Gasteiger partial charge in [0.25, 0.3) is 0 Å². The van der Waals surface area contributed by atoms with Crippen LogP contribution in [0.25, 0.3) is 0 Å². The third-order valence-corrected chi connectivity index (χ3v) is 3.02. The van der Waals surface area contributed by atoms with Crippen LogP contribution in [0.1, 0.15) is 13.3 Å². The standard InChI is InChI=1S/C15H21F2N3O2/c1-11(21)20(8-4-7-19(2)3)10-15(22)18-12-5-6-13(16)14(17)9-12/h5-6,9H,4,7-8,10H2,1-3H3,(H,18,22). The van der Waals surface area contributed by atoms with E-state index in [1.165, 1.54) is 17.9 Å². The number of amides is 2. The molecule has 1 rings (SSSR count). The average molecular weight is 313 g/mol. The monoisotopic (exact) mass is 313 g/mol. The van der Waals surface area contributed by atoms with E-state index in [0.29, 0.717) is 6.54 Å². The van der Waals surface area contributed by atoms with E-state index in [-0.39, 0.29) is 18.1 Å². The van der Waals surface area contributed by atoms with E-state index in [0.717, 1.165) is 25.1 Å². The van der Waals surface area contributed by atoms with Crippen LogP contribution in [0.3, 0.4) is 0 Å². The molecule has 2 amide bonds. The highest BCUT2D eigenvalue weighted by Gasteiger charge is 2.14. The molecule has 1 aromatic rings. The molecule has 1 N–H and O–H groups in total. The first kappa shape index (κ1) is 18.0. The number of hydrogen-bond donors (Lipinski definition) is 1. The number of carbonyl (C=O) groups is 2. The molecule has 0 bridgehead atoms. The lowest BCUT2D eigenvalue weighted by Gasteiger charge is -2.21. The van der Waals surface area contributed by atoms with E-state index in [9.17, 15) is 18.4 Å². The lowest BCUT2D eigenvalue weighted by atomic mass is 10.3. The molecule has 0 heterocycles. The Kier molecular flexibility index (Phi) is 6.91. The smallest absolute Gasteiger partial charge is 0.243 e. The van der Waals surface area contributed by atoms with Gasteiger partial charge in [0.2, 0.25) is 11.8 Å². The molecule has 0 aliphatic rings. The minimum Gasteiger partial charge on any atom is -0.334 e. The van der Waals surface area contributed by atoms with Gasteiger partial charge in [0.15, 0.2) is 11.6 Å². The summed E-state index contributed by atoms with van der Waals surface area (Å²) in [7, 11) is 3.85. The van der Waals surface area contributed by atoms with Gasteiger partial charge in [0, 0.05) is 25.2 Å². The van der Waals surface area contributed by atoms with Gasteiger partial charge in [0.1, 0.15) is 0 Å². The maximum atomic E-state index is 13.1. The summed E-state index contributed by atoms with van der Waals surface area (Å²) >= 11 is 0. The van der Waals surface area contributed by atoms with Crippen LogP contribution in [0.2, 0.25) is 0 Å². The minimum absolute atomic E-state index is 0.123. The number of benzene rings is 1. The zero-order chi connectivity index (χ0) is 16.7. The van der Waals surface area contributed by atoms with E-state index in [1.807, 2.05) is 19.0 Å². The molecule has 0 aromatic heterocycles. The Morgan fingerprint density at radius 3 is 2.36 bits per heavy atom. The van der Waals surface area contributed by atoms with E-state index in [4.69, 9.17) is 0 Å². The molecule has 5 nitrogen and oxygen atoms in total. The van der Waals surface area contributed by atoms with Crippen molar-refractivity contribution in [3.63, 3.8) is 0 Å². The summed E-state index contributed by atoms with van der Waals surface area (Å²) in [5.41, 5.74) is 0.153. The first-order chi connectivity index (χ1) is 10.3. The Hall–Kier alpha value is -2.02. The Labute approximate surface area is 128 Å². The summed E-state index contributed by atoms with van der Waals surface area (Å²) in [5.74, 6) is -2.68. The van der Waals surface area contributed by atoms with Crippen molar-refractivity contribution >= 4 is 17.5 Å². The summed E-state index contributed by atoms with van der Waals surface area (Å²) in [5, 5.41) is 2.44. The molecular formula is C15H21F2N3O2. The summed E-state index contributed by atoms with van der Waals surface area (Å²) < 4.78 is 25.9. The fourth-order valence-corrected chi connectivity index (χ4v) is 1.87. The Morgan fingerprint density at radius 2 is 1.82 bits per heavy atom. The second-order valence-corrected chi connectivity index (χ2v) is 5.27. The summed E-state index contributed by atoms with van der Waals surface area (Å²) in [6, 6.07) is 3.10. The molecule has 0 aliphatic heterocycles. The third-order valence-electron chi connectivity index (χ3n) is 3.02. The fourth-order valence-electron chi connectivity index (χ4n) is 1.87. The SMILES string of the molecule is CC(=O)N(CCCN(C)C)CC(=O)Nc1ccc(F)c(F)c1. The van der Waals surface area contributed by atoms with E-state index in [2.05, 4.69) is 5.32 Å². The molecule has 0 atom stereocenters. The van der Waals surface area contributed by atoms with Crippen LogP contribution in [0, 0.1) is 11.6 Å². The van der Waals surface area contributed by atoms with E-state index >= 15 is 0 Å². The van der Waals surface area contributed by atoms with Gasteiger partial charge >= 0.3 is 0 Å². The number of halogens is 2. The molecule has 122 valence electrons. The van der Waals surface area contributed by atoms with Crippen molar-refractivity contribution < 1.29 is 18.4 Å². The highest BCUT2D eigenvalue weighted by molar-refractivity contribution is 5.94. The topological polar surface area (TPSA) is 52.7 Å². The van der Waals surface area contributed by atoms with Gasteiger partial charge < -0.3 is 15.1 Å². The van der Waals surface area contributed by atoms with Crippen molar-refractivity contribution in [3.05, 3.63) is 29.8 Å². The van der Waals surface area contributed by atoms with Crippen molar-refractivity contribution in [1.82, 2.24) is 9.80 Å². The van der Waals surface area contributed by atoms with Crippen LogP contribution in [-0.4, -0.2) is 55.3 Å². The largest absolute Gasteiger partial charge is 0.334 e. The van der Waals surface area contributed by atoms with Crippen molar-refractivity contribution in [3.8, 4) is 0 Å². The van der Waals surface area contributed by atoms with Crippen molar-refractivity contribution in [2.45, 2.75) is 13.3 Å². The minimum atomic E-state index is -1.03. The molecule has 0 spiro atoms. The maximum Gasteiger partial charge on any atom is 0.243 e. The number of rotatable bonds is 7. The normalized spacial score (nSPS) is 10.6. The molecule has 0 radical (unpaired) electrons. The average Bonchev–Trinajstić information content (AvgIpc) is 2.41. The zero-order valence-electron chi connectivity index (χ0n) is 13.0. The molecule has 0 aliphatic carbocycles. The van der Waals surface area contributed by atoms with Crippen LogP contribution >= 0.6 is 0 Å². The highest BCUT2D eigenvalue weighted by Crippen LogP contribution is 2.13. The van der Waals surface area contributed by atoms with Gasteiger partial charge in [-0.1, -0.05) is 0 Å². The number of carbonyl (C=O) groups excluding carboxylic acids is 2. The van der Waals surface area contributed by atoms with Gasteiger partial charge in [0.05, 0.1) is 6.54 Å². The first-order valence-corrected chi connectivity index (χ1v) is 6.94. The summed E-state index contributed by atoms with van der Waals surface area (Å²) in [6.07, 6.45) is 0.741. The molecule has 22 heavy (non-hydrogen) atoms. The van der Waals surface area contributed by atoms with Gasteiger partial charge in [-0.15, -0.1) is 0 Å². The number of hydrogen-bond acceptors (Lipinski definition) is 3. The molecule has 1 aromatic carbocycles. The van der Waals surface area contributed by atoms with Gasteiger partial charge in [-0.3, -0.25) is 9.59 Å². The number of anilines is 1. The van der Waals surface area contributed by atoms with Crippen LogP contribution < -0.4 is 5.32 Å². The Morgan fingerprint density at radius 1 is 1.14 bits per heavy atom. The third kappa shape index (κ3) is 6.17. The van der Waals surface area contributed by atoms with Gasteiger partial charge in [-0.05, 0) is 39.2 Å². The van der Waals surface area contributed by atoms with Crippen LogP contribution in [-0.2, 0) is 9.59 Å². The lowest BCUT2D eigenvalue weighted by molar-refractivity contribution is -0.132. The zero-order valence-corrected chi connectivity index (χ0v) is 13.0. The summed E-state index contributed by atoms with van der Waals surface area (Å²) in [6.45, 7) is 2.52. The van der Waals surface area contributed by atoms with Gasteiger partial charge in [-0.25, -0.2) is 8.78 Å².